The van der Waals surface area contributed by atoms with Crippen LogP contribution >= 0.6 is 11.6 Å². The molecule has 0 amide bonds. The number of nitrogens with one attached hydrogen (secondary N) is 1. The lowest BCUT2D eigenvalue weighted by Crippen LogP contribution is -2.15. The van der Waals surface area contributed by atoms with Crippen molar-refractivity contribution in [3.8, 4) is 5.75 Å². The highest BCUT2D eigenvalue weighted by atomic mass is 35.5. The maximum absolute atomic E-state index is 12.5. The molecule has 5 heteroatoms. The summed E-state index contributed by atoms with van der Waals surface area (Å²) in [4.78, 5) is 26.9. The highest BCUT2D eigenvalue weighted by molar-refractivity contribution is 6.32. The van der Waals surface area contributed by atoms with Gasteiger partial charge in [0.2, 0.25) is 5.56 Å². The Morgan fingerprint density at radius 1 is 1.09 bits per heavy atom. The summed E-state index contributed by atoms with van der Waals surface area (Å²) in [6, 6.07) is 11.7. The first-order valence-electron chi connectivity index (χ1n) is 7.06. The van der Waals surface area contributed by atoms with Crippen LogP contribution < -0.4 is 10.3 Å². The smallest absolute Gasteiger partial charge is 0.344 e. The van der Waals surface area contributed by atoms with Crippen molar-refractivity contribution in [2.75, 3.05) is 0 Å². The molecule has 0 fully saturated rings. The number of hydrogen-bond acceptors (Lipinski definition) is 3. The minimum absolute atomic E-state index is 0.231. The van der Waals surface area contributed by atoms with E-state index in [9.17, 15) is 9.59 Å². The van der Waals surface area contributed by atoms with Crippen LogP contribution in [-0.4, -0.2) is 11.0 Å². The fourth-order valence-electron chi connectivity index (χ4n) is 2.50. The zero-order valence-electron chi connectivity index (χ0n) is 12.6. The Hall–Kier alpha value is -2.59. The van der Waals surface area contributed by atoms with Crippen LogP contribution in [-0.2, 0) is 0 Å². The van der Waals surface area contributed by atoms with Crippen molar-refractivity contribution in [2.45, 2.75) is 13.8 Å². The number of carbonyl (C=O) groups is 1. The summed E-state index contributed by atoms with van der Waals surface area (Å²) in [7, 11) is 0. The van der Waals surface area contributed by atoms with Gasteiger partial charge in [-0.3, -0.25) is 4.79 Å². The molecule has 0 unspecified atom stereocenters. The van der Waals surface area contributed by atoms with E-state index in [0.717, 1.165) is 11.1 Å². The summed E-state index contributed by atoms with van der Waals surface area (Å²) in [6.45, 7) is 3.69. The number of fused-ring (bicyclic) bond motifs is 1. The molecule has 0 radical (unpaired) electrons. The van der Waals surface area contributed by atoms with Crippen LogP contribution in [0.15, 0.2) is 47.3 Å². The van der Waals surface area contributed by atoms with E-state index >= 15 is 0 Å². The summed E-state index contributed by atoms with van der Waals surface area (Å²) in [5, 5.41) is 1.28. The van der Waals surface area contributed by atoms with E-state index in [1.54, 1.807) is 36.4 Å². The van der Waals surface area contributed by atoms with Gasteiger partial charge in [-0.15, -0.1) is 0 Å². The number of esters is 1. The van der Waals surface area contributed by atoms with Gasteiger partial charge in [0.1, 0.15) is 5.75 Å². The van der Waals surface area contributed by atoms with Crippen LogP contribution in [0, 0.1) is 13.8 Å². The van der Waals surface area contributed by atoms with E-state index in [4.69, 9.17) is 16.3 Å². The molecular weight excluding hydrogens is 314 g/mol. The lowest BCUT2D eigenvalue weighted by atomic mass is 10.1. The first kappa shape index (κ1) is 15.3. The van der Waals surface area contributed by atoms with Gasteiger partial charge in [-0.25, -0.2) is 4.79 Å². The van der Waals surface area contributed by atoms with Crippen molar-refractivity contribution in [1.29, 1.82) is 0 Å². The fourth-order valence-corrected chi connectivity index (χ4v) is 2.61. The van der Waals surface area contributed by atoms with E-state index in [1.165, 1.54) is 6.07 Å². The van der Waals surface area contributed by atoms with Crippen molar-refractivity contribution >= 4 is 28.5 Å². The molecule has 3 aromatic rings. The van der Waals surface area contributed by atoms with Crippen molar-refractivity contribution in [3.05, 3.63) is 74.5 Å². The third kappa shape index (κ3) is 2.98. The van der Waals surface area contributed by atoms with Crippen molar-refractivity contribution in [1.82, 2.24) is 4.98 Å². The number of para-hydroxylation sites is 1. The number of benzene rings is 2. The summed E-state index contributed by atoms with van der Waals surface area (Å²) < 4.78 is 5.43. The van der Waals surface area contributed by atoms with Gasteiger partial charge in [0.25, 0.3) is 0 Å². The van der Waals surface area contributed by atoms with Crippen molar-refractivity contribution in [3.63, 3.8) is 0 Å². The van der Waals surface area contributed by atoms with E-state index in [1.807, 2.05) is 13.8 Å². The average molecular weight is 328 g/mol. The Labute approximate surface area is 137 Å². The lowest BCUT2D eigenvalue weighted by Gasteiger charge is -2.10. The summed E-state index contributed by atoms with van der Waals surface area (Å²) in [5.74, 6) is -0.174. The highest BCUT2D eigenvalue weighted by Gasteiger charge is 2.15. The Morgan fingerprint density at radius 3 is 2.43 bits per heavy atom. The topological polar surface area (TPSA) is 59.2 Å². The number of hydrogen-bond donors (Lipinski definition) is 1. The van der Waals surface area contributed by atoms with Gasteiger partial charge in [-0.05, 0) is 43.2 Å². The van der Waals surface area contributed by atoms with Gasteiger partial charge in [-0.2, -0.15) is 0 Å². The van der Waals surface area contributed by atoms with Crippen LogP contribution in [0.25, 0.3) is 10.9 Å². The quantitative estimate of drug-likeness (QED) is 0.571. The SMILES string of the molecule is Cc1cc(OC(=O)c2cc(=O)[nH]c3ccccc23)cc(C)c1Cl. The molecule has 0 spiro atoms. The second-order valence-corrected chi connectivity index (χ2v) is 5.73. The summed E-state index contributed by atoms with van der Waals surface area (Å²) >= 11 is 6.12. The number of carbonyl (C=O) groups excluding carboxylic acids is 1. The van der Waals surface area contributed by atoms with E-state index < -0.39 is 5.97 Å². The predicted molar refractivity (Wildman–Crippen MR) is 90.5 cm³/mol. The minimum Gasteiger partial charge on any atom is -0.423 e. The second kappa shape index (κ2) is 5.89. The van der Waals surface area contributed by atoms with Gasteiger partial charge in [0.15, 0.2) is 0 Å². The molecule has 0 atom stereocenters. The molecule has 116 valence electrons. The first-order valence-corrected chi connectivity index (χ1v) is 7.44. The molecule has 4 nitrogen and oxygen atoms in total. The van der Waals surface area contributed by atoms with Gasteiger partial charge >= 0.3 is 5.97 Å². The second-order valence-electron chi connectivity index (χ2n) is 5.35. The molecular formula is C18H14ClNO3. The standard InChI is InChI=1S/C18H14ClNO3/c1-10-7-12(8-11(2)17(10)19)23-18(22)14-9-16(21)20-15-6-4-3-5-13(14)15/h3-9H,1-2H3,(H,20,21). The largest absolute Gasteiger partial charge is 0.423 e. The minimum atomic E-state index is -0.576. The van der Waals surface area contributed by atoms with Gasteiger partial charge in [0, 0.05) is 22.0 Å². The van der Waals surface area contributed by atoms with E-state index in [0.29, 0.717) is 21.7 Å². The van der Waals surface area contributed by atoms with Crippen LogP contribution in [0.3, 0.4) is 0 Å². The third-order valence-electron chi connectivity index (χ3n) is 3.59. The molecule has 0 saturated carbocycles. The van der Waals surface area contributed by atoms with Gasteiger partial charge in [0.05, 0.1) is 5.56 Å². The van der Waals surface area contributed by atoms with Crippen LogP contribution in [0.2, 0.25) is 5.02 Å². The molecule has 3 rings (SSSR count). The number of rotatable bonds is 2. The van der Waals surface area contributed by atoms with Gasteiger partial charge < -0.3 is 9.72 Å². The zero-order valence-corrected chi connectivity index (χ0v) is 13.4. The number of aromatic nitrogens is 1. The number of pyridine rings is 1. The number of aryl methyl sites for hydroxylation is 2. The Morgan fingerprint density at radius 2 is 1.74 bits per heavy atom. The Bertz CT molecular complexity index is 952. The molecule has 23 heavy (non-hydrogen) atoms. The van der Waals surface area contributed by atoms with Gasteiger partial charge in [-0.1, -0.05) is 29.8 Å². The summed E-state index contributed by atoms with van der Waals surface area (Å²) in [6.07, 6.45) is 0. The maximum atomic E-state index is 12.5. The van der Waals surface area contributed by atoms with E-state index in [2.05, 4.69) is 4.98 Å². The molecule has 1 heterocycles. The third-order valence-corrected chi connectivity index (χ3v) is 4.19. The fraction of sp³-hybridized carbons (Fsp3) is 0.111. The molecule has 0 aliphatic heterocycles. The number of ether oxygens (including phenoxy) is 1. The lowest BCUT2D eigenvalue weighted by molar-refractivity contribution is 0.0736. The highest BCUT2D eigenvalue weighted by Crippen LogP contribution is 2.27. The zero-order chi connectivity index (χ0) is 16.6. The van der Waals surface area contributed by atoms with Crippen LogP contribution in [0.5, 0.6) is 5.75 Å². The molecule has 0 aliphatic rings. The molecule has 2 aromatic carbocycles. The maximum Gasteiger partial charge on any atom is 0.344 e. The molecule has 1 N–H and O–H groups in total. The van der Waals surface area contributed by atoms with Crippen LogP contribution in [0.4, 0.5) is 0 Å². The normalized spacial score (nSPS) is 10.7. The number of halogens is 1. The van der Waals surface area contributed by atoms with Crippen LogP contribution in [0.1, 0.15) is 21.5 Å². The monoisotopic (exact) mass is 327 g/mol. The summed E-state index contributed by atoms with van der Waals surface area (Å²) in [5.41, 5.74) is 2.12. The van der Waals surface area contributed by atoms with Crippen molar-refractivity contribution in [2.24, 2.45) is 0 Å². The first-order chi connectivity index (χ1) is 11.0. The molecule has 1 aromatic heterocycles. The average Bonchev–Trinajstić information content (AvgIpc) is 2.51. The molecule has 0 aliphatic carbocycles. The predicted octanol–water partition coefficient (Wildman–Crippen LogP) is 4.02. The Kier molecular flexibility index (Phi) is 3.92. The van der Waals surface area contributed by atoms with E-state index in [-0.39, 0.29) is 11.1 Å². The number of H-pyrrole nitrogens is 1. The Balaban J connectivity index is 2.03. The van der Waals surface area contributed by atoms with Crippen molar-refractivity contribution < 1.29 is 9.53 Å². The molecule has 0 saturated heterocycles. The molecule has 0 bridgehead atoms. The number of aromatic amines is 1.